The van der Waals surface area contributed by atoms with E-state index in [0.717, 1.165) is 27.9 Å². The molecular formula is C26H21N5O2. The first kappa shape index (κ1) is 19.4. The first-order valence-electron chi connectivity index (χ1n) is 11.0. The van der Waals surface area contributed by atoms with Gasteiger partial charge in [-0.25, -0.2) is 4.98 Å². The van der Waals surface area contributed by atoms with Crippen molar-refractivity contribution in [3.8, 4) is 11.5 Å². The molecule has 0 saturated carbocycles. The number of para-hydroxylation sites is 2. The van der Waals surface area contributed by atoms with Gasteiger partial charge in [-0.2, -0.15) is 0 Å². The largest absolute Gasteiger partial charge is 0.349 e. The summed E-state index contributed by atoms with van der Waals surface area (Å²) in [5.41, 5.74) is 4.36. The SMILES string of the molecule is O=C(Cn1c2c(c3ccccc31)CCn1c-2nc2ccccc2c1=O)NCc1ccccn1. The third kappa shape index (κ3) is 3.20. The maximum Gasteiger partial charge on any atom is 0.261 e. The molecule has 6 rings (SSSR count). The van der Waals surface area contributed by atoms with Crippen molar-refractivity contribution in [2.45, 2.75) is 26.1 Å². The third-order valence-corrected chi connectivity index (χ3v) is 6.23. The molecule has 5 aromatic rings. The summed E-state index contributed by atoms with van der Waals surface area (Å²) in [6.07, 6.45) is 2.42. The van der Waals surface area contributed by atoms with E-state index in [1.165, 1.54) is 0 Å². The second-order valence-corrected chi connectivity index (χ2v) is 8.19. The van der Waals surface area contributed by atoms with Gasteiger partial charge in [-0.1, -0.05) is 36.4 Å². The third-order valence-electron chi connectivity index (χ3n) is 6.23. The van der Waals surface area contributed by atoms with Gasteiger partial charge in [-0.05, 0) is 42.3 Å². The van der Waals surface area contributed by atoms with Crippen LogP contribution in [0.4, 0.5) is 0 Å². The maximum atomic E-state index is 13.2. The Morgan fingerprint density at radius 2 is 1.76 bits per heavy atom. The molecule has 3 aromatic heterocycles. The Hall–Kier alpha value is -4.26. The van der Waals surface area contributed by atoms with Crippen molar-refractivity contribution in [3.05, 3.63) is 94.5 Å². The standard InChI is InChI=1S/C26H21N5O2/c32-23(28-15-17-7-5-6-13-27-17)16-31-22-11-4-2-8-18(22)19-12-14-30-25(24(19)31)29-21-10-3-1-9-20(21)26(30)33/h1-11,13H,12,14-16H2,(H,28,32). The number of aromatic nitrogens is 4. The molecule has 0 fully saturated rings. The molecule has 162 valence electrons. The van der Waals surface area contributed by atoms with Crippen LogP contribution in [0, 0.1) is 0 Å². The van der Waals surface area contributed by atoms with Crippen LogP contribution < -0.4 is 10.9 Å². The summed E-state index contributed by atoms with van der Waals surface area (Å²) in [6, 6.07) is 21.1. The van der Waals surface area contributed by atoms with Gasteiger partial charge in [0.2, 0.25) is 5.91 Å². The molecule has 2 aromatic carbocycles. The Morgan fingerprint density at radius 1 is 0.970 bits per heavy atom. The highest BCUT2D eigenvalue weighted by Crippen LogP contribution is 2.36. The molecule has 4 heterocycles. The minimum Gasteiger partial charge on any atom is -0.349 e. The molecule has 0 aliphatic carbocycles. The van der Waals surface area contributed by atoms with Crippen LogP contribution in [0.2, 0.25) is 0 Å². The lowest BCUT2D eigenvalue weighted by molar-refractivity contribution is -0.121. The van der Waals surface area contributed by atoms with Crippen LogP contribution in [0.15, 0.2) is 77.7 Å². The monoisotopic (exact) mass is 435 g/mol. The number of benzene rings is 2. The highest BCUT2D eigenvalue weighted by Gasteiger charge is 2.27. The zero-order valence-electron chi connectivity index (χ0n) is 17.9. The Balaban J connectivity index is 1.47. The van der Waals surface area contributed by atoms with Crippen LogP contribution in [-0.4, -0.2) is 25.0 Å². The second kappa shape index (κ2) is 7.70. The highest BCUT2D eigenvalue weighted by molar-refractivity contribution is 5.93. The molecule has 1 aliphatic heterocycles. The van der Waals surface area contributed by atoms with Gasteiger partial charge >= 0.3 is 0 Å². The Morgan fingerprint density at radius 3 is 2.61 bits per heavy atom. The smallest absolute Gasteiger partial charge is 0.261 e. The predicted molar refractivity (Wildman–Crippen MR) is 127 cm³/mol. The summed E-state index contributed by atoms with van der Waals surface area (Å²) in [6.45, 7) is 1.06. The van der Waals surface area contributed by atoms with Crippen LogP contribution in [0.3, 0.4) is 0 Å². The van der Waals surface area contributed by atoms with Crippen molar-refractivity contribution in [3.63, 3.8) is 0 Å². The Labute approximate surface area is 189 Å². The number of hydrogen-bond donors (Lipinski definition) is 1. The zero-order valence-corrected chi connectivity index (χ0v) is 17.9. The lowest BCUT2D eigenvalue weighted by Crippen LogP contribution is -2.30. The molecule has 7 nitrogen and oxygen atoms in total. The minimum atomic E-state index is -0.121. The van der Waals surface area contributed by atoms with E-state index in [0.29, 0.717) is 36.2 Å². The average molecular weight is 435 g/mol. The molecular weight excluding hydrogens is 414 g/mol. The number of rotatable bonds is 4. The number of fused-ring (bicyclic) bond motifs is 6. The zero-order chi connectivity index (χ0) is 22.4. The number of hydrogen-bond acceptors (Lipinski definition) is 4. The first-order chi connectivity index (χ1) is 16.2. The second-order valence-electron chi connectivity index (χ2n) is 8.19. The van der Waals surface area contributed by atoms with E-state index in [4.69, 9.17) is 4.98 Å². The van der Waals surface area contributed by atoms with Gasteiger partial charge in [0.25, 0.3) is 5.56 Å². The number of carbonyl (C=O) groups excluding carboxylic acids is 1. The molecule has 0 bridgehead atoms. The van der Waals surface area contributed by atoms with Crippen LogP contribution in [0.25, 0.3) is 33.3 Å². The first-order valence-corrected chi connectivity index (χ1v) is 11.0. The minimum absolute atomic E-state index is 0.0438. The van der Waals surface area contributed by atoms with Crippen molar-refractivity contribution in [2.24, 2.45) is 0 Å². The molecule has 1 aliphatic rings. The van der Waals surface area contributed by atoms with E-state index >= 15 is 0 Å². The van der Waals surface area contributed by atoms with Crippen LogP contribution in [0.1, 0.15) is 11.3 Å². The van der Waals surface area contributed by atoms with Gasteiger partial charge in [0.15, 0.2) is 5.82 Å². The van der Waals surface area contributed by atoms with E-state index in [1.54, 1.807) is 10.8 Å². The van der Waals surface area contributed by atoms with E-state index < -0.39 is 0 Å². The summed E-state index contributed by atoms with van der Waals surface area (Å²) >= 11 is 0. The van der Waals surface area contributed by atoms with Crippen molar-refractivity contribution in [2.75, 3.05) is 0 Å². The van der Waals surface area contributed by atoms with Crippen LogP contribution >= 0.6 is 0 Å². The number of pyridine rings is 1. The number of aryl methyl sites for hydroxylation is 1. The molecule has 7 heteroatoms. The summed E-state index contributed by atoms with van der Waals surface area (Å²) in [4.78, 5) is 35.3. The summed E-state index contributed by atoms with van der Waals surface area (Å²) < 4.78 is 3.73. The molecule has 0 unspecified atom stereocenters. The van der Waals surface area contributed by atoms with E-state index in [9.17, 15) is 9.59 Å². The normalized spacial score (nSPS) is 12.5. The lowest BCUT2D eigenvalue weighted by Gasteiger charge is -2.21. The van der Waals surface area contributed by atoms with Gasteiger partial charge in [0.05, 0.1) is 28.8 Å². The van der Waals surface area contributed by atoms with Gasteiger partial charge in [-0.15, -0.1) is 0 Å². The number of carbonyl (C=O) groups is 1. The lowest BCUT2D eigenvalue weighted by atomic mass is 10.0. The molecule has 0 spiro atoms. The maximum absolute atomic E-state index is 13.2. The summed E-state index contributed by atoms with van der Waals surface area (Å²) in [7, 11) is 0. The quantitative estimate of drug-likeness (QED) is 0.470. The Bertz CT molecular complexity index is 1580. The van der Waals surface area contributed by atoms with Gasteiger partial charge in [-0.3, -0.25) is 19.1 Å². The van der Waals surface area contributed by atoms with E-state index in [-0.39, 0.29) is 18.0 Å². The summed E-state index contributed by atoms with van der Waals surface area (Å²) in [5.74, 6) is 0.498. The van der Waals surface area contributed by atoms with E-state index in [2.05, 4.69) is 16.4 Å². The number of nitrogens with zero attached hydrogens (tertiary/aromatic N) is 4. The molecule has 0 atom stereocenters. The fourth-order valence-electron chi connectivity index (χ4n) is 4.72. The van der Waals surface area contributed by atoms with Gasteiger partial charge < -0.3 is 9.88 Å². The summed E-state index contributed by atoms with van der Waals surface area (Å²) in [5, 5.41) is 4.67. The molecule has 33 heavy (non-hydrogen) atoms. The van der Waals surface area contributed by atoms with Crippen LogP contribution in [0.5, 0.6) is 0 Å². The fraction of sp³-hybridized carbons (Fsp3) is 0.154. The van der Waals surface area contributed by atoms with Gasteiger partial charge in [0.1, 0.15) is 6.54 Å². The highest BCUT2D eigenvalue weighted by atomic mass is 16.2. The van der Waals surface area contributed by atoms with Crippen molar-refractivity contribution in [1.29, 1.82) is 0 Å². The van der Waals surface area contributed by atoms with Crippen molar-refractivity contribution in [1.82, 2.24) is 24.4 Å². The van der Waals surface area contributed by atoms with Gasteiger partial charge in [0, 0.05) is 23.6 Å². The van der Waals surface area contributed by atoms with Crippen molar-refractivity contribution >= 4 is 27.7 Å². The number of nitrogens with one attached hydrogen (secondary N) is 1. The van der Waals surface area contributed by atoms with Crippen LogP contribution in [-0.2, 0) is 30.8 Å². The fourth-order valence-corrected chi connectivity index (χ4v) is 4.72. The molecule has 1 amide bonds. The molecule has 0 saturated heterocycles. The molecule has 0 radical (unpaired) electrons. The van der Waals surface area contributed by atoms with E-state index in [1.807, 2.05) is 65.2 Å². The topological polar surface area (TPSA) is 81.8 Å². The average Bonchev–Trinajstić information content (AvgIpc) is 3.17. The Kier molecular flexibility index (Phi) is 4.54. The predicted octanol–water partition coefficient (Wildman–Crippen LogP) is 3.29. The molecule has 1 N–H and O–H groups in total. The van der Waals surface area contributed by atoms with Crippen molar-refractivity contribution < 1.29 is 4.79 Å². The number of amides is 1.